The van der Waals surface area contributed by atoms with E-state index in [1.54, 1.807) is 29.5 Å². The molecule has 0 aliphatic heterocycles. The fourth-order valence-corrected chi connectivity index (χ4v) is 1.43. The highest BCUT2D eigenvalue weighted by molar-refractivity contribution is 14.1. The number of aromatic nitrogens is 2. The Bertz CT molecular complexity index is 297. The first-order valence-corrected chi connectivity index (χ1v) is 4.05. The van der Waals surface area contributed by atoms with Crippen LogP contribution in [0, 0.1) is 10.6 Å². The second kappa shape index (κ2) is 3.15. The molecular weight excluding hydrogens is 284 g/mol. The molecule has 0 aromatic carbocycles. The van der Waals surface area contributed by atoms with Crippen molar-refractivity contribution >= 4 is 22.6 Å². The third kappa shape index (κ3) is 2.05. The first-order chi connectivity index (χ1) is 5.41. The molecule has 0 spiro atoms. The maximum absolute atomic E-state index is 12.1. The normalized spacial score (nSPS) is 11.8. The Kier molecular flexibility index (Phi) is 2.55. The highest BCUT2D eigenvalue weighted by Crippen LogP contribution is 2.31. The molecular formula is C6H4F3IN2. The van der Waals surface area contributed by atoms with Crippen LogP contribution in [-0.4, -0.2) is 9.97 Å². The highest BCUT2D eigenvalue weighted by atomic mass is 127. The zero-order chi connectivity index (χ0) is 9.35. The number of aryl methyl sites for hydroxylation is 1. The zero-order valence-electron chi connectivity index (χ0n) is 5.98. The standard InChI is InChI=1S/C6H4F3IN2/c1-3-11-2-4(5(10)12-3)6(7,8)9/h2H,1H3. The maximum atomic E-state index is 12.1. The molecule has 1 aromatic rings. The molecule has 0 atom stereocenters. The largest absolute Gasteiger partial charge is 0.420 e. The van der Waals surface area contributed by atoms with E-state index >= 15 is 0 Å². The lowest BCUT2D eigenvalue weighted by molar-refractivity contribution is -0.138. The number of hydrogen-bond donors (Lipinski definition) is 0. The van der Waals surface area contributed by atoms with Crippen LogP contribution in [0.2, 0.25) is 0 Å². The Morgan fingerprint density at radius 3 is 2.42 bits per heavy atom. The predicted molar refractivity (Wildman–Crippen MR) is 44.5 cm³/mol. The Labute approximate surface area is 80.4 Å². The van der Waals surface area contributed by atoms with Crippen molar-refractivity contribution in [3.63, 3.8) is 0 Å². The second-order valence-electron chi connectivity index (χ2n) is 2.12. The summed E-state index contributed by atoms with van der Waals surface area (Å²) in [6.07, 6.45) is -3.56. The molecule has 6 heteroatoms. The molecule has 0 unspecified atom stereocenters. The predicted octanol–water partition coefficient (Wildman–Crippen LogP) is 2.41. The van der Waals surface area contributed by atoms with Crippen LogP contribution in [0.25, 0.3) is 0 Å². The number of halogens is 4. The van der Waals surface area contributed by atoms with E-state index in [4.69, 9.17) is 0 Å². The summed E-state index contributed by atoms with van der Waals surface area (Å²) in [6, 6.07) is 0. The second-order valence-corrected chi connectivity index (χ2v) is 3.14. The summed E-state index contributed by atoms with van der Waals surface area (Å²) < 4.78 is 36.2. The molecule has 1 aromatic heterocycles. The first-order valence-electron chi connectivity index (χ1n) is 2.97. The van der Waals surface area contributed by atoms with E-state index in [1.807, 2.05) is 0 Å². The Balaban J connectivity index is 3.19. The third-order valence-electron chi connectivity index (χ3n) is 1.17. The van der Waals surface area contributed by atoms with Crippen molar-refractivity contribution in [1.29, 1.82) is 0 Å². The number of nitrogens with zero attached hydrogens (tertiary/aromatic N) is 2. The number of alkyl halides is 3. The van der Waals surface area contributed by atoms with Gasteiger partial charge in [0.2, 0.25) is 0 Å². The quantitative estimate of drug-likeness (QED) is 0.541. The van der Waals surface area contributed by atoms with Gasteiger partial charge in [-0.25, -0.2) is 9.97 Å². The van der Waals surface area contributed by atoms with Gasteiger partial charge in [0.15, 0.2) is 0 Å². The molecule has 0 N–H and O–H groups in total. The maximum Gasteiger partial charge on any atom is 0.420 e. The van der Waals surface area contributed by atoms with Crippen LogP contribution in [0.1, 0.15) is 11.4 Å². The van der Waals surface area contributed by atoms with Gasteiger partial charge in [-0.1, -0.05) is 0 Å². The molecule has 1 heterocycles. The summed E-state index contributed by atoms with van der Waals surface area (Å²) in [5.74, 6) is 0.340. The van der Waals surface area contributed by atoms with Crippen LogP contribution >= 0.6 is 22.6 Å². The van der Waals surface area contributed by atoms with Gasteiger partial charge in [-0.2, -0.15) is 13.2 Å². The Hall–Kier alpha value is -0.400. The molecule has 0 fully saturated rings. The van der Waals surface area contributed by atoms with Crippen LogP contribution in [0.5, 0.6) is 0 Å². The molecule has 0 bridgehead atoms. The van der Waals surface area contributed by atoms with Gasteiger partial charge in [-0.3, -0.25) is 0 Å². The molecule has 0 aliphatic carbocycles. The summed E-state index contributed by atoms with van der Waals surface area (Å²) in [7, 11) is 0. The molecule has 12 heavy (non-hydrogen) atoms. The van der Waals surface area contributed by atoms with Crippen molar-refractivity contribution < 1.29 is 13.2 Å². The summed E-state index contributed by atoms with van der Waals surface area (Å²) in [5.41, 5.74) is -0.784. The van der Waals surface area contributed by atoms with Gasteiger partial charge < -0.3 is 0 Å². The van der Waals surface area contributed by atoms with Crippen LogP contribution in [-0.2, 0) is 6.18 Å². The first kappa shape index (κ1) is 9.69. The SMILES string of the molecule is Cc1ncc(C(F)(F)F)c(I)n1. The van der Waals surface area contributed by atoms with Crippen LogP contribution in [0.15, 0.2) is 6.20 Å². The van der Waals surface area contributed by atoms with Crippen molar-refractivity contribution in [3.05, 3.63) is 21.3 Å². The Morgan fingerprint density at radius 2 is 2.00 bits per heavy atom. The summed E-state index contributed by atoms with van der Waals surface area (Å²) in [4.78, 5) is 7.07. The Morgan fingerprint density at radius 1 is 1.42 bits per heavy atom. The minimum absolute atomic E-state index is 0.0624. The average Bonchev–Trinajstić information content (AvgIpc) is 1.83. The monoisotopic (exact) mass is 288 g/mol. The van der Waals surface area contributed by atoms with E-state index in [2.05, 4.69) is 9.97 Å². The lowest BCUT2D eigenvalue weighted by atomic mass is 10.3. The van der Waals surface area contributed by atoms with Crippen LogP contribution in [0.4, 0.5) is 13.2 Å². The minimum Gasteiger partial charge on any atom is -0.241 e. The molecule has 1 rings (SSSR count). The molecule has 66 valence electrons. The van der Waals surface area contributed by atoms with E-state index in [1.165, 1.54) is 0 Å². The van der Waals surface area contributed by atoms with Gasteiger partial charge in [-0.15, -0.1) is 0 Å². The molecule has 0 radical (unpaired) electrons. The fraction of sp³-hybridized carbons (Fsp3) is 0.333. The van der Waals surface area contributed by atoms with Gasteiger partial charge in [0.05, 0.1) is 0 Å². The number of rotatable bonds is 0. The van der Waals surface area contributed by atoms with Gasteiger partial charge in [0.1, 0.15) is 15.1 Å². The molecule has 0 saturated carbocycles. The van der Waals surface area contributed by atoms with Crippen molar-refractivity contribution in [2.45, 2.75) is 13.1 Å². The van der Waals surface area contributed by atoms with E-state index in [0.29, 0.717) is 5.82 Å². The van der Waals surface area contributed by atoms with Crippen LogP contribution in [0.3, 0.4) is 0 Å². The summed E-state index contributed by atoms with van der Waals surface area (Å²) in [5, 5.41) is 0. The van der Waals surface area contributed by atoms with E-state index in [0.717, 1.165) is 6.20 Å². The van der Waals surface area contributed by atoms with E-state index in [9.17, 15) is 13.2 Å². The summed E-state index contributed by atoms with van der Waals surface area (Å²) >= 11 is 1.54. The topological polar surface area (TPSA) is 25.8 Å². The number of hydrogen-bond acceptors (Lipinski definition) is 2. The smallest absolute Gasteiger partial charge is 0.241 e. The highest BCUT2D eigenvalue weighted by Gasteiger charge is 2.34. The van der Waals surface area contributed by atoms with Crippen molar-refractivity contribution in [3.8, 4) is 0 Å². The van der Waals surface area contributed by atoms with Gasteiger partial charge in [0.25, 0.3) is 0 Å². The minimum atomic E-state index is -4.36. The van der Waals surface area contributed by atoms with E-state index in [-0.39, 0.29) is 3.70 Å². The fourth-order valence-electron chi connectivity index (χ4n) is 0.633. The average molecular weight is 288 g/mol. The zero-order valence-corrected chi connectivity index (χ0v) is 8.14. The van der Waals surface area contributed by atoms with Gasteiger partial charge in [0, 0.05) is 6.20 Å². The van der Waals surface area contributed by atoms with Gasteiger partial charge in [-0.05, 0) is 29.5 Å². The van der Waals surface area contributed by atoms with E-state index < -0.39 is 11.7 Å². The lowest BCUT2D eigenvalue weighted by Gasteiger charge is -2.07. The lowest BCUT2D eigenvalue weighted by Crippen LogP contribution is -2.10. The van der Waals surface area contributed by atoms with Crippen LogP contribution < -0.4 is 0 Å². The molecule has 0 amide bonds. The molecule has 0 saturated heterocycles. The van der Waals surface area contributed by atoms with Crippen molar-refractivity contribution in [2.24, 2.45) is 0 Å². The summed E-state index contributed by atoms with van der Waals surface area (Å²) in [6.45, 7) is 1.54. The third-order valence-corrected chi connectivity index (χ3v) is 1.99. The van der Waals surface area contributed by atoms with Crippen molar-refractivity contribution in [1.82, 2.24) is 9.97 Å². The van der Waals surface area contributed by atoms with Gasteiger partial charge >= 0.3 is 6.18 Å². The molecule has 2 nitrogen and oxygen atoms in total. The molecule has 0 aliphatic rings. The van der Waals surface area contributed by atoms with Crippen molar-refractivity contribution in [2.75, 3.05) is 0 Å².